The number of fused-ring (bicyclic) bond motifs is 1. The van der Waals surface area contributed by atoms with Crippen molar-refractivity contribution in [3.63, 3.8) is 0 Å². The fourth-order valence-electron chi connectivity index (χ4n) is 4.60. The molecule has 8 nitrogen and oxygen atoms in total. The van der Waals surface area contributed by atoms with Gasteiger partial charge < -0.3 is 9.13 Å². The van der Waals surface area contributed by atoms with Gasteiger partial charge in [0.1, 0.15) is 12.1 Å². The largest absolute Gasteiger partial charge is 0.309 e. The van der Waals surface area contributed by atoms with Gasteiger partial charge in [-0.05, 0) is 58.2 Å². The Balaban J connectivity index is 1.36. The van der Waals surface area contributed by atoms with Crippen LogP contribution in [0.5, 0.6) is 0 Å². The number of aromatic nitrogens is 6. The van der Waals surface area contributed by atoms with E-state index in [-0.39, 0.29) is 11.9 Å². The lowest BCUT2D eigenvalue weighted by atomic mass is 9.93. The second-order valence-corrected chi connectivity index (χ2v) is 10.4. The summed E-state index contributed by atoms with van der Waals surface area (Å²) in [7, 11) is 0. The molecular weight excluding hydrogens is 434 g/mol. The van der Waals surface area contributed by atoms with E-state index in [1.54, 1.807) is 11.2 Å². The molecule has 1 amide bonds. The third kappa shape index (κ3) is 3.13. The van der Waals surface area contributed by atoms with Crippen LogP contribution in [0.25, 0.3) is 16.5 Å². The van der Waals surface area contributed by atoms with Gasteiger partial charge in [-0.15, -0.1) is 21.5 Å². The quantitative estimate of drug-likeness (QED) is 0.422. The molecular formula is C24H25N7OS. The van der Waals surface area contributed by atoms with Crippen molar-refractivity contribution in [1.29, 1.82) is 0 Å². The van der Waals surface area contributed by atoms with Crippen LogP contribution in [0.4, 0.5) is 5.82 Å². The van der Waals surface area contributed by atoms with E-state index >= 15 is 0 Å². The molecule has 0 bridgehead atoms. The van der Waals surface area contributed by atoms with Crippen LogP contribution in [0.1, 0.15) is 74.1 Å². The first kappa shape index (κ1) is 20.3. The van der Waals surface area contributed by atoms with Crippen molar-refractivity contribution >= 4 is 23.1 Å². The first-order chi connectivity index (χ1) is 15.8. The number of nitrogens with zero attached hydrogens (tertiary/aromatic N) is 7. The fourth-order valence-corrected chi connectivity index (χ4v) is 5.37. The van der Waals surface area contributed by atoms with Crippen LogP contribution in [0.2, 0.25) is 0 Å². The Hall–Kier alpha value is -3.33. The first-order valence-corrected chi connectivity index (χ1v) is 12.1. The minimum Gasteiger partial charge on any atom is -0.309 e. The zero-order valence-corrected chi connectivity index (χ0v) is 19.9. The smallest absolute Gasteiger partial charge is 0.260 e. The number of benzene rings is 1. The summed E-state index contributed by atoms with van der Waals surface area (Å²) in [5.74, 6) is 1.91. The van der Waals surface area contributed by atoms with Gasteiger partial charge in [-0.25, -0.2) is 9.97 Å². The Labute approximate surface area is 195 Å². The maximum Gasteiger partial charge on any atom is 0.260 e. The van der Waals surface area contributed by atoms with Crippen LogP contribution in [0, 0.1) is 0 Å². The lowest BCUT2D eigenvalue weighted by Crippen LogP contribution is -2.39. The first-order valence-electron chi connectivity index (χ1n) is 11.2. The Kier molecular flexibility index (Phi) is 4.35. The van der Waals surface area contributed by atoms with E-state index in [2.05, 4.69) is 61.2 Å². The highest BCUT2D eigenvalue weighted by atomic mass is 32.1. The lowest BCUT2D eigenvalue weighted by Gasteiger charge is -2.30. The molecule has 0 radical (unpaired) electrons. The molecule has 0 spiro atoms. The summed E-state index contributed by atoms with van der Waals surface area (Å²) in [6.45, 7) is 8.29. The van der Waals surface area contributed by atoms with Gasteiger partial charge >= 0.3 is 0 Å². The van der Waals surface area contributed by atoms with E-state index in [9.17, 15) is 4.79 Å². The number of carbonyl (C=O) groups is 1. The van der Waals surface area contributed by atoms with Gasteiger partial charge in [0.2, 0.25) is 0 Å². The number of rotatable bonds is 5. The van der Waals surface area contributed by atoms with Gasteiger partial charge in [0, 0.05) is 34.8 Å². The standard InChI is InChI=1S/C24H25N7OS/c1-14(2)30-13-26-28-21(30)22-27-20(11-33-22)31-23(32)17-9-16(7-8-18(17)24(31,3)4)29-10-19(25-12-29)15-5-6-15/h7-15H,5-6H2,1-4H3. The van der Waals surface area contributed by atoms with Crippen molar-refractivity contribution in [3.05, 3.63) is 59.3 Å². The maximum absolute atomic E-state index is 13.6. The van der Waals surface area contributed by atoms with Crippen LogP contribution in [0.15, 0.2) is 42.4 Å². The number of thiazole rings is 1. The molecule has 1 aliphatic carbocycles. The number of anilines is 1. The molecule has 0 saturated heterocycles. The van der Waals surface area contributed by atoms with E-state index in [0.29, 0.717) is 17.3 Å². The Morgan fingerprint density at radius 2 is 2.00 bits per heavy atom. The van der Waals surface area contributed by atoms with Gasteiger partial charge in [0.25, 0.3) is 5.91 Å². The summed E-state index contributed by atoms with van der Waals surface area (Å²) in [6, 6.07) is 6.31. The molecule has 1 fully saturated rings. The molecule has 0 N–H and O–H groups in total. The van der Waals surface area contributed by atoms with Crippen LogP contribution in [0.3, 0.4) is 0 Å². The zero-order chi connectivity index (χ0) is 22.9. The summed E-state index contributed by atoms with van der Waals surface area (Å²) >= 11 is 1.48. The van der Waals surface area contributed by atoms with Crippen molar-refractivity contribution in [2.24, 2.45) is 0 Å². The van der Waals surface area contributed by atoms with Gasteiger partial charge in [0.05, 0.1) is 17.6 Å². The highest BCUT2D eigenvalue weighted by molar-refractivity contribution is 7.13. The minimum absolute atomic E-state index is 0.0402. The molecule has 1 aromatic carbocycles. The Morgan fingerprint density at radius 3 is 2.76 bits per heavy atom. The predicted octanol–water partition coefficient (Wildman–Crippen LogP) is 4.94. The summed E-state index contributed by atoms with van der Waals surface area (Å²) in [4.78, 5) is 24.8. The molecule has 3 aromatic heterocycles. The van der Waals surface area contributed by atoms with Crippen molar-refractivity contribution in [1.82, 2.24) is 29.3 Å². The van der Waals surface area contributed by atoms with E-state index in [1.807, 2.05) is 26.9 Å². The maximum atomic E-state index is 13.6. The summed E-state index contributed by atoms with van der Waals surface area (Å²) in [6.07, 6.45) is 8.07. The number of amides is 1. The molecule has 2 aliphatic rings. The molecule has 1 saturated carbocycles. The van der Waals surface area contributed by atoms with Crippen LogP contribution < -0.4 is 4.90 Å². The summed E-state index contributed by atoms with van der Waals surface area (Å²) < 4.78 is 4.00. The van der Waals surface area contributed by atoms with Crippen LogP contribution in [-0.2, 0) is 5.54 Å². The molecule has 9 heteroatoms. The fraction of sp³-hybridized carbons (Fsp3) is 0.375. The molecule has 4 aromatic rings. The topological polar surface area (TPSA) is 81.7 Å². The summed E-state index contributed by atoms with van der Waals surface area (Å²) in [5, 5.41) is 11.0. The number of imidazole rings is 1. The van der Waals surface area contributed by atoms with Crippen molar-refractivity contribution < 1.29 is 4.79 Å². The molecule has 168 valence electrons. The van der Waals surface area contributed by atoms with Gasteiger partial charge in [-0.3, -0.25) is 9.69 Å². The monoisotopic (exact) mass is 459 g/mol. The minimum atomic E-state index is -0.518. The normalized spacial score (nSPS) is 17.2. The molecule has 0 unspecified atom stereocenters. The summed E-state index contributed by atoms with van der Waals surface area (Å²) in [5.41, 5.74) is 3.27. The highest BCUT2D eigenvalue weighted by Gasteiger charge is 2.45. The van der Waals surface area contributed by atoms with Crippen molar-refractivity contribution in [3.8, 4) is 16.5 Å². The van der Waals surface area contributed by atoms with Gasteiger partial charge in [0.15, 0.2) is 10.8 Å². The zero-order valence-electron chi connectivity index (χ0n) is 19.1. The van der Waals surface area contributed by atoms with Crippen molar-refractivity contribution in [2.45, 2.75) is 58.0 Å². The number of hydrogen-bond donors (Lipinski definition) is 0. The number of carbonyl (C=O) groups excluding carboxylic acids is 1. The third-order valence-corrected chi connectivity index (χ3v) is 7.42. The van der Waals surface area contributed by atoms with Crippen LogP contribution >= 0.6 is 11.3 Å². The van der Waals surface area contributed by atoms with Crippen molar-refractivity contribution in [2.75, 3.05) is 4.90 Å². The van der Waals surface area contributed by atoms with E-state index in [4.69, 9.17) is 4.98 Å². The van der Waals surface area contributed by atoms with Gasteiger partial charge in [-0.2, -0.15) is 0 Å². The molecule has 1 aliphatic heterocycles. The lowest BCUT2D eigenvalue weighted by molar-refractivity contribution is 0.0981. The third-order valence-electron chi connectivity index (χ3n) is 6.59. The van der Waals surface area contributed by atoms with E-state index in [0.717, 1.165) is 27.8 Å². The van der Waals surface area contributed by atoms with Gasteiger partial charge in [-0.1, -0.05) is 6.07 Å². The molecule has 33 heavy (non-hydrogen) atoms. The highest BCUT2D eigenvalue weighted by Crippen LogP contribution is 2.44. The number of hydrogen-bond acceptors (Lipinski definition) is 6. The molecule has 0 atom stereocenters. The van der Waals surface area contributed by atoms with E-state index in [1.165, 1.54) is 24.2 Å². The average Bonchev–Trinajstić information content (AvgIpc) is 3.17. The Morgan fingerprint density at radius 1 is 1.18 bits per heavy atom. The Bertz CT molecular complexity index is 1370. The molecule has 4 heterocycles. The molecule has 6 rings (SSSR count). The second kappa shape index (κ2) is 7.08. The van der Waals surface area contributed by atoms with E-state index < -0.39 is 5.54 Å². The SMILES string of the molecule is CC(C)n1cnnc1-c1nc(N2C(=O)c3cc(-n4cnc(C5CC5)c4)ccc3C2(C)C)cs1. The average molecular weight is 460 g/mol. The van der Waals surface area contributed by atoms with Crippen LogP contribution in [-0.4, -0.2) is 35.2 Å². The predicted molar refractivity (Wildman–Crippen MR) is 127 cm³/mol. The second-order valence-electron chi connectivity index (χ2n) is 9.58.